The number of nitrogens with one attached hydrogen (secondary N) is 1. The Morgan fingerprint density at radius 3 is 2.56 bits per heavy atom. The molecule has 0 spiro atoms. The zero-order chi connectivity index (χ0) is 11.8. The Morgan fingerprint density at radius 1 is 1.25 bits per heavy atom. The highest BCUT2D eigenvalue weighted by molar-refractivity contribution is 5.13. The molecule has 0 aliphatic carbocycles. The quantitative estimate of drug-likeness (QED) is 0.737. The average Bonchev–Trinajstić information content (AvgIpc) is 2.28. The van der Waals surface area contributed by atoms with E-state index in [4.69, 9.17) is 4.74 Å². The van der Waals surface area contributed by atoms with E-state index in [1.807, 2.05) is 30.3 Å². The molecule has 2 N–H and O–H groups in total. The van der Waals surface area contributed by atoms with Gasteiger partial charge in [-0.25, -0.2) is 0 Å². The minimum Gasteiger partial charge on any atom is -0.389 e. The minimum atomic E-state index is -0.439. The third-order valence-corrected chi connectivity index (χ3v) is 2.18. The number of ether oxygens (including phenoxy) is 1. The molecule has 0 aliphatic rings. The summed E-state index contributed by atoms with van der Waals surface area (Å²) >= 11 is 0. The number of rotatable bonds is 7. The molecule has 3 heteroatoms. The summed E-state index contributed by atoms with van der Waals surface area (Å²) in [5, 5.41) is 12.8. The molecule has 3 nitrogen and oxygen atoms in total. The maximum atomic E-state index is 9.59. The third kappa shape index (κ3) is 5.85. The summed E-state index contributed by atoms with van der Waals surface area (Å²) in [5.74, 6) is 0. The molecule has 0 amide bonds. The van der Waals surface area contributed by atoms with Gasteiger partial charge in [0.1, 0.15) is 0 Å². The van der Waals surface area contributed by atoms with Crippen LogP contribution in [0.1, 0.15) is 19.4 Å². The average molecular weight is 223 g/mol. The van der Waals surface area contributed by atoms with Crippen molar-refractivity contribution in [3.63, 3.8) is 0 Å². The third-order valence-electron chi connectivity index (χ3n) is 2.18. The molecule has 0 heterocycles. The van der Waals surface area contributed by atoms with Crippen molar-refractivity contribution >= 4 is 0 Å². The van der Waals surface area contributed by atoms with Crippen LogP contribution in [0.25, 0.3) is 0 Å². The Balaban J connectivity index is 2.11. The first-order valence-electron chi connectivity index (χ1n) is 5.71. The summed E-state index contributed by atoms with van der Waals surface area (Å²) in [7, 11) is 0. The second-order valence-corrected chi connectivity index (χ2v) is 4.22. The molecular weight excluding hydrogens is 202 g/mol. The summed E-state index contributed by atoms with van der Waals surface area (Å²) in [6.45, 7) is 5.61. The number of benzene rings is 1. The lowest BCUT2D eigenvalue weighted by atomic mass is 10.2. The van der Waals surface area contributed by atoms with Crippen LogP contribution in [0.15, 0.2) is 30.3 Å². The van der Waals surface area contributed by atoms with Crippen LogP contribution in [-0.2, 0) is 11.3 Å². The lowest BCUT2D eigenvalue weighted by Crippen LogP contribution is -2.34. The van der Waals surface area contributed by atoms with Crippen molar-refractivity contribution in [2.45, 2.75) is 32.6 Å². The van der Waals surface area contributed by atoms with Crippen LogP contribution in [-0.4, -0.2) is 30.4 Å². The highest BCUT2D eigenvalue weighted by Gasteiger charge is 2.04. The molecule has 1 rings (SSSR count). The van der Waals surface area contributed by atoms with E-state index >= 15 is 0 Å². The molecule has 1 atom stereocenters. The van der Waals surface area contributed by atoms with Crippen LogP contribution in [0, 0.1) is 0 Å². The van der Waals surface area contributed by atoms with Gasteiger partial charge in [-0.3, -0.25) is 0 Å². The van der Waals surface area contributed by atoms with Crippen molar-refractivity contribution in [2.24, 2.45) is 0 Å². The molecule has 0 unspecified atom stereocenters. The van der Waals surface area contributed by atoms with Crippen LogP contribution in [0.2, 0.25) is 0 Å². The standard InChI is InChI=1S/C13H21NO2/c1-11(2)14-8-13(15)10-16-9-12-6-4-3-5-7-12/h3-7,11,13-15H,8-10H2,1-2H3/t13-/m1/s1. The molecule has 0 aliphatic heterocycles. The van der Waals surface area contributed by atoms with Gasteiger partial charge >= 0.3 is 0 Å². The van der Waals surface area contributed by atoms with Crippen molar-refractivity contribution in [1.29, 1.82) is 0 Å². The van der Waals surface area contributed by atoms with E-state index in [0.717, 1.165) is 5.56 Å². The largest absolute Gasteiger partial charge is 0.389 e. The van der Waals surface area contributed by atoms with E-state index in [2.05, 4.69) is 19.2 Å². The van der Waals surface area contributed by atoms with Crippen LogP contribution in [0.4, 0.5) is 0 Å². The van der Waals surface area contributed by atoms with Gasteiger partial charge in [-0.2, -0.15) is 0 Å². The van der Waals surface area contributed by atoms with Gasteiger partial charge < -0.3 is 15.2 Å². The molecule has 0 aromatic heterocycles. The predicted octanol–water partition coefficient (Wildman–Crippen LogP) is 1.56. The summed E-state index contributed by atoms with van der Waals surface area (Å²) < 4.78 is 5.42. The lowest BCUT2D eigenvalue weighted by molar-refractivity contribution is 0.0281. The molecule has 0 radical (unpaired) electrons. The highest BCUT2D eigenvalue weighted by atomic mass is 16.5. The van der Waals surface area contributed by atoms with Gasteiger partial charge in [-0.15, -0.1) is 0 Å². The lowest BCUT2D eigenvalue weighted by Gasteiger charge is -2.14. The molecule has 16 heavy (non-hydrogen) atoms. The van der Waals surface area contributed by atoms with Crippen molar-refractivity contribution in [3.05, 3.63) is 35.9 Å². The van der Waals surface area contributed by atoms with Crippen LogP contribution >= 0.6 is 0 Å². The SMILES string of the molecule is CC(C)NC[C@@H](O)COCc1ccccc1. The molecule has 1 aromatic carbocycles. The van der Waals surface area contributed by atoms with Crippen molar-refractivity contribution in [2.75, 3.05) is 13.2 Å². The van der Waals surface area contributed by atoms with E-state index < -0.39 is 6.10 Å². The van der Waals surface area contributed by atoms with Crippen LogP contribution < -0.4 is 5.32 Å². The zero-order valence-corrected chi connectivity index (χ0v) is 10.0. The fraction of sp³-hybridized carbons (Fsp3) is 0.538. The zero-order valence-electron chi connectivity index (χ0n) is 10.0. The number of hydrogen-bond donors (Lipinski definition) is 2. The Morgan fingerprint density at radius 2 is 1.94 bits per heavy atom. The summed E-state index contributed by atoms with van der Waals surface area (Å²) in [6.07, 6.45) is -0.439. The summed E-state index contributed by atoms with van der Waals surface area (Å²) in [6, 6.07) is 10.4. The molecule has 90 valence electrons. The van der Waals surface area contributed by atoms with Gasteiger partial charge in [0, 0.05) is 12.6 Å². The Hall–Kier alpha value is -0.900. The smallest absolute Gasteiger partial charge is 0.0897 e. The predicted molar refractivity (Wildman–Crippen MR) is 65.2 cm³/mol. The van der Waals surface area contributed by atoms with E-state index in [-0.39, 0.29) is 0 Å². The van der Waals surface area contributed by atoms with E-state index in [0.29, 0.717) is 25.8 Å². The first-order valence-corrected chi connectivity index (χ1v) is 5.71. The highest BCUT2D eigenvalue weighted by Crippen LogP contribution is 2.00. The molecule has 0 saturated carbocycles. The van der Waals surface area contributed by atoms with Crippen molar-refractivity contribution in [3.8, 4) is 0 Å². The normalized spacial score (nSPS) is 13.0. The fourth-order valence-electron chi connectivity index (χ4n) is 1.32. The molecular formula is C13H21NO2. The summed E-state index contributed by atoms with van der Waals surface area (Å²) in [4.78, 5) is 0. The minimum absolute atomic E-state index is 0.370. The molecule has 0 bridgehead atoms. The molecule has 0 saturated heterocycles. The monoisotopic (exact) mass is 223 g/mol. The van der Waals surface area contributed by atoms with E-state index in [9.17, 15) is 5.11 Å². The number of hydrogen-bond acceptors (Lipinski definition) is 3. The van der Waals surface area contributed by atoms with Gasteiger partial charge in [0.25, 0.3) is 0 Å². The number of aliphatic hydroxyl groups excluding tert-OH is 1. The first-order chi connectivity index (χ1) is 7.68. The Bertz CT molecular complexity index is 275. The van der Waals surface area contributed by atoms with Crippen LogP contribution in [0.3, 0.4) is 0 Å². The van der Waals surface area contributed by atoms with Crippen molar-refractivity contribution < 1.29 is 9.84 Å². The Labute approximate surface area is 97.4 Å². The van der Waals surface area contributed by atoms with Gasteiger partial charge in [-0.1, -0.05) is 44.2 Å². The van der Waals surface area contributed by atoms with E-state index in [1.54, 1.807) is 0 Å². The fourth-order valence-corrected chi connectivity index (χ4v) is 1.32. The maximum absolute atomic E-state index is 9.59. The van der Waals surface area contributed by atoms with Crippen molar-refractivity contribution in [1.82, 2.24) is 5.32 Å². The maximum Gasteiger partial charge on any atom is 0.0897 e. The molecule has 0 fully saturated rings. The van der Waals surface area contributed by atoms with Crippen LogP contribution in [0.5, 0.6) is 0 Å². The van der Waals surface area contributed by atoms with Gasteiger partial charge in [-0.05, 0) is 5.56 Å². The first kappa shape index (κ1) is 13.2. The topological polar surface area (TPSA) is 41.5 Å². The van der Waals surface area contributed by atoms with Gasteiger partial charge in [0.05, 0.1) is 19.3 Å². The second-order valence-electron chi connectivity index (χ2n) is 4.22. The molecule has 1 aromatic rings. The van der Waals surface area contributed by atoms with E-state index in [1.165, 1.54) is 0 Å². The second kappa shape index (κ2) is 7.39. The van der Waals surface area contributed by atoms with Gasteiger partial charge in [0.15, 0.2) is 0 Å². The summed E-state index contributed by atoms with van der Waals surface area (Å²) in [5.41, 5.74) is 1.13. The Kier molecular flexibility index (Phi) is 6.08. The number of aliphatic hydroxyl groups is 1. The van der Waals surface area contributed by atoms with Gasteiger partial charge in [0.2, 0.25) is 0 Å².